The van der Waals surface area contributed by atoms with Gasteiger partial charge in [0, 0.05) is 30.3 Å². The molecule has 10 heteroatoms. The zero-order chi connectivity index (χ0) is 24.6. The number of aromatic nitrogens is 4. The summed E-state index contributed by atoms with van der Waals surface area (Å²) < 4.78 is 18.4. The molecule has 2 aromatic heterocycles. The normalized spacial score (nSPS) is 21.8. The van der Waals surface area contributed by atoms with Crippen LogP contribution >= 0.6 is 0 Å². The number of nitrogens with zero attached hydrogens (tertiary/aromatic N) is 4. The molecule has 0 saturated carbocycles. The number of hydrogen-bond donors (Lipinski definition) is 2. The molecule has 5 rings (SSSR count). The Labute approximate surface area is 204 Å². The van der Waals surface area contributed by atoms with Crippen LogP contribution < -0.4 is 20.1 Å². The van der Waals surface area contributed by atoms with Gasteiger partial charge in [-0.1, -0.05) is 12.1 Å². The number of benzene rings is 1. The molecule has 0 aliphatic carbocycles. The van der Waals surface area contributed by atoms with Gasteiger partial charge >= 0.3 is 6.09 Å². The molecule has 0 spiro atoms. The highest BCUT2D eigenvalue weighted by molar-refractivity contribution is 5.86. The van der Waals surface area contributed by atoms with E-state index in [-0.39, 0.29) is 18.7 Å². The predicted octanol–water partition coefficient (Wildman–Crippen LogP) is 3.82. The maximum atomic E-state index is 12.5. The lowest BCUT2D eigenvalue weighted by atomic mass is 10.00. The van der Waals surface area contributed by atoms with Crippen LogP contribution in [0, 0.1) is 0 Å². The van der Waals surface area contributed by atoms with E-state index in [1.165, 1.54) is 12.8 Å². The minimum Gasteiger partial charge on any atom is -0.467 e. The number of nitrogens with one attached hydrogen (secondary N) is 2. The largest absolute Gasteiger partial charge is 0.467 e. The summed E-state index contributed by atoms with van der Waals surface area (Å²) in [7, 11) is 1.58. The number of para-hydroxylation sites is 1. The highest BCUT2D eigenvalue weighted by Gasteiger charge is 2.36. The van der Waals surface area contributed by atoms with Crippen molar-refractivity contribution in [2.24, 2.45) is 0 Å². The lowest BCUT2D eigenvalue weighted by Crippen LogP contribution is -2.42. The zero-order valence-electron chi connectivity index (χ0n) is 20.6. The van der Waals surface area contributed by atoms with E-state index in [4.69, 9.17) is 19.3 Å². The molecule has 3 aromatic rings. The van der Waals surface area contributed by atoms with Crippen LogP contribution in [-0.2, 0) is 4.74 Å². The van der Waals surface area contributed by atoms with E-state index in [1.807, 2.05) is 55.8 Å². The maximum Gasteiger partial charge on any atom is 0.414 e. The Kier molecular flexibility index (Phi) is 6.33. The number of methoxy groups -OCH3 is 1. The van der Waals surface area contributed by atoms with Crippen molar-refractivity contribution >= 4 is 17.1 Å². The van der Waals surface area contributed by atoms with Gasteiger partial charge in [-0.25, -0.2) is 4.79 Å². The summed E-state index contributed by atoms with van der Waals surface area (Å²) in [6, 6.07) is 10.7. The third kappa shape index (κ3) is 5.08. The maximum absolute atomic E-state index is 12.5. The first-order valence-corrected chi connectivity index (χ1v) is 12.0. The number of carbonyl (C=O) groups excluding carboxylic acids is 1. The molecule has 2 N–H and O–H groups in total. The molecule has 10 nitrogen and oxygen atoms in total. The summed E-state index contributed by atoms with van der Waals surface area (Å²) in [5.41, 5.74) is 2.24. The molecule has 2 aliphatic rings. The molecule has 2 atom stereocenters. The van der Waals surface area contributed by atoms with Crippen molar-refractivity contribution < 1.29 is 19.0 Å². The van der Waals surface area contributed by atoms with E-state index in [0.29, 0.717) is 29.0 Å². The Morgan fingerprint density at radius 1 is 1.17 bits per heavy atom. The van der Waals surface area contributed by atoms with Crippen LogP contribution in [0.3, 0.4) is 0 Å². The molecule has 1 amide bonds. The Bertz CT molecular complexity index is 1210. The number of piperidine rings is 1. The van der Waals surface area contributed by atoms with Crippen molar-refractivity contribution in [3.05, 3.63) is 30.3 Å². The second kappa shape index (κ2) is 9.43. The Morgan fingerprint density at radius 2 is 1.91 bits per heavy atom. The average Bonchev–Trinajstić information content (AvgIpc) is 3.35. The van der Waals surface area contributed by atoms with Crippen LogP contribution in [0.1, 0.15) is 52.5 Å². The van der Waals surface area contributed by atoms with Gasteiger partial charge in [0.05, 0.1) is 17.3 Å². The number of fused-ring (bicyclic) bond motifs is 3. The minimum absolute atomic E-state index is 0.128. The molecule has 4 heterocycles. The molecule has 1 aromatic carbocycles. The van der Waals surface area contributed by atoms with Gasteiger partial charge < -0.3 is 24.8 Å². The molecule has 2 saturated heterocycles. The van der Waals surface area contributed by atoms with Crippen LogP contribution in [-0.4, -0.2) is 57.6 Å². The Hall–Kier alpha value is -3.24. The quantitative estimate of drug-likeness (QED) is 0.512. The third-order valence-corrected chi connectivity index (χ3v) is 6.38. The topological polar surface area (TPSA) is 112 Å². The van der Waals surface area contributed by atoms with Crippen molar-refractivity contribution in [2.75, 3.05) is 13.9 Å². The van der Waals surface area contributed by atoms with Crippen molar-refractivity contribution in [2.45, 2.75) is 70.1 Å². The summed E-state index contributed by atoms with van der Waals surface area (Å²) >= 11 is 0. The molecule has 35 heavy (non-hydrogen) atoms. The first-order chi connectivity index (χ1) is 16.8. The fraction of sp³-hybridized carbons (Fsp3) is 0.520. The van der Waals surface area contributed by atoms with Crippen LogP contribution in [0.25, 0.3) is 22.3 Å². The molecule has 2 bridgehead atoms. The standard InChI is InChI=1S/C25H32N6O4/c1-25(2,3)27-24(32)35-23-22-20(31(30-23)17-11-15-9-10-16(12-17)26-15)13-19(28-29-22)18-7-5-6-8-21(18)34-14-33-4/h5-8,13,15-17,26H,9-12,14H2,1-4H3,(H,27,32). The summed E-state index contributed by atoms with van der Waals surface area (Å²) in [5, 5.41) is 20.1. The molecule has 2 fully saturated rings. The van der Waals surface area contributed by atoms with Gasteiger partial charge in [0.2, 0.25) is 0 Å². The third-order valence-electron chi connectivity index (χ3n) is 6.38. The lowest BCUT2D eigenvalue weighted by Gasteiger charge is -2.29. The molecule has 2 unspecified atom stereocenters. The summed E-state index contributed by atoms with van der Waals surface area (Å²) in [6.07, 6.45) is 3.71. The smallest absolute Gasteiger partial charge is 0.414 e. The highest BCUT2D eigenvalue weighted by Crippen LogP contribution is 2.38. The van der Waals surface area contributed by atoms with E-state index in [2.05, 4.69) is 20.8 Å². The highest BCUT2D eigenvalue weighted by atomic mass is 16.7. The lowest BCUT2D eigenvalue weighted by molar-refractivity contribution is 0.0515. The van der Waals surface area contributed by atoms with Crippen LogP contribution in [0.15, 0.2) is 30.3 Å². The number of ether oxygens (including phenoxy) is 3. The number of carbonyl (C=O) groups is 1. The van der Waals surface area contributed by atoms with Crippen molar-refractivity contribution in [1.82, 2.24) is 30.6 Å². The molecule has 2 aliphatic heterocycles. The summed E-state index contributed by atoms with van der Waals surface area (Å²) in [5.74, 6) is 0.811. The number of rotatable bonds is 6. The van der Waals surface area contributed by atoms with E-state index in [1.54, 1.807) is 7.11 Å². The molecule has 0 radical (unpaired) electrons. The van der Waals surface area contributed by atoms with Crippen molar-refractivity contribution in [3.63, 3.8) is 0 Å². The van der Waals surface area contributed by atoms with Gasteiger partial charge in [0.15, 0.2) is 12.3 Å². The van der Waals surface area contributed by atoms with E-state index < -0.39 is 11.6 Å². The van der Waals surface area contributed by atoms with Crippen LogP contribution in [0.5, 0.6) is 11.6 Å². The van der Waals surface area contributed by atoms with E-state index in [0.717, 1.165) is 23.9 Å². The second-order valence-corrected chi connectivity index (χ2v) is 10.3. The number of amides is 1. The van der Waals surface area contributed by atoms with Gasteiger partial charge in [-0.05, 0) is 64.7 Å². The van der Waals surface area contributed by atoms with Gasteiger partial charge in [-0.3, -0.25) is 4.68 Å². The Balaban J connectivity index is 1.55. The first-order valence-electron chi connectivity index (χ1n) is 12.0. The van der Waals surface area contributed by atoms with Crippen LogP contribution in [0.4, 0.5) is 4.79 Å². The fourth-order valence-corrected chi connectivity index (χ4v) is 4.96. The van der Waals surface area contributed by atoms with Gasteiger partial charge in [0.25, 0.3) is 5.88 Å². The minimum atomic E-state index is -0.571. The van der Waals surface area contributed by atoms with E-state index in [9.17, 15) is 4.79 Å². The zero-order valence-corrected chi connectivity index (χ0v) is 20.6. The molecular formula is C25H32N6O4. The Morgan fingerprint density at radius 3 is 2.63 bits per heavy atom. The molecule has 186 valence electrons. The predicted molar refractivity (Wildman–Crippen MR) is 130 cm³/mol. The van der Waals surface area contributed by atoms with Crippen molar-refractivity contribution in [3.8, 4) is 22.9 Å². The van der Waals surface area contributed by atoms with Gasteiger partial charge in [0.1, 0.15) is 5.75 Å². The van der Waals surface area contributed by atoms with E-state index >= 15 is 0 Å². The van der Waals surface area contributed by atoms with Gasteiger partial charge in [-0.2, -0.15) is 0 Å². The monoisotopic (exact) mass is 480 g/mol. The first kappa shape index (κ1) is 23.5. The van der Waals surface area contributed by atoms with Crippen LogP contribution in [0.2, 0.25) is 0 Å². The molecular weight excluding hydrogens is 448 g/mol. The second-order valence-electron chi connectivity index (χ2n) is 10.3. The van der Waals surface area contributed by atoms with Gasteiger partial charge in [-0.15, -0.1) is 15.3 Å². The summed E-state index contributed by atoms with van der Waals surface area (Å²) in [4.78, 5) is 12.5. The summed E-state index contributed by atoms with van der Waals surface area (Å²) in [6.45, 7) is 5.81. The van der Waals surface area contributed by atoms with Crippen molar-refractivity contribution in [1.29, 1.82) is 0 Å². The fourth-order valence-electron chi connectivity index (χ4n) is 4.96. The average molecular weight is 481 g/mol. The number of hydrogen-bond acceptors (Lipinski definition) is 8. The SMILES string of the molecule is COCOc1ccccc1-c1cc2c(nn1)c(OC(=O)NC(C)(C)C)nn2C1CC2CCC(C1)N2.